The SMILES string of the molecule is O=C(Nc1cccc(-c2ccc(N3CCCC3)nn2)c1)c1cc2ccccc2[nH]1. The van der Waals surface area contributed by atoms with Crippen molar-refractivity contribution in [2.45, 2.75) is 12.8 Å². The highest BCUT2D eigenvalue weighted by Gasteiger charge is 2.14. The molecule has 0 aliphatic carbocycles. The molecule has 0 spiro atoms. The maximum absolute atomic E-state index is 12.6. The summed E-state index contributed by atoms with van der Waals surface area (Å²) in [7, 11) is 0. The summed E-state index contributed by atoms with van der Waals surface area (Å²) in [6.07, 6.45) is 2.42. The van der Waals surface area contributed by atoms with Crippen LogP contribution in [-0.4, -0.2) is 34.2 Å². The molecule has 29 heavy (non-hydrogen) atoms. The fraction of sp³-hybridized carbons (Fsp3) is 0.174. The Labute approximate surface area is 168 Å². The van der Waals surface area contributed by atoms with E-state index >= 15 is 0 Å². The van der Waals surface area contributed by atoms with Crippen LogP contribution in [-0.2, 0) is 0 Å². The normalized spacial score (nSPS) is 13.7. The van der Waals surface area contributed by atoms with Crippen LogP contribution in [0.15, 0.2) is 66.7 Å². The molecule has 1 aliphatic heterocycles. The van der Waals surface area contributed by atoms with E-state index in [2.05, 4.69) is 25.4 Å². The minimum absolute atomic E-state index is 0.172. The maximum atomic E-state index is 12.6. The molecule has 144 valence electrons. The van der Waals surface area contributed by atoms with Gasteiger partial charge in [0, 0.05) is 35.2 Å². The molecule has 1 fully saturated rings. The number of amides is 1. The lowest BCUT2D eigenvalue weighted by atomic mass is 10.1. The number of aromatic amines is 1. The number of hydrogen-bond acceptors (Lipinski definition) is 4. The number of benzene rings is 2. The molecule has 1 aliphatic rings. The molecule has 0 bridgehead atoms. The van der Waals surface area contributed by atoms with Crippen LogP contribution in [0.25, 0.3) is 22.2 Å². The molecule has 0 radical (unpaired) electrons. The fourth-order valence-electron chi connectivity index (χ4n) is 3.74. The number of H-pyrrole nitrogens is 1. The molecule has 0 unspecified atom stereocenters. The number of anilines is 2. The largest absolute Gasteiger partial charge is 0.355 e. The smallest absolute Gasteiger partial charge is 0.272 e. The van der Waals surface area contributed by atoms with Crippen molar-refractivity contribution in [3.8, 4) is 11.3 Å². The molecule has 1 amide bonds. The van der Waals surface area contributed by atoms with Crippen molar-refractivity contribution in [3.05, 3.63) is 72.4 Å². The predicted octanol–water partition coefficient (Wildman–Crippen LogP) is 4.48. The topological polar surface area (TPSA) is 73.9 Å². The van der Waals surface area contributed by atoms with Gasteiger partial charge in [-0.05, 0) is 49.2 Å². The van der Waals surface area contributed by atoms with Gasteiger partial charge in [-0.1, -0.05) is 30.3 Å². The first kappa shape index (κ1) is 17.4. The van der Waals surface area contributed by atoms with E-state index in [0.29, 0.717) is 5.69 Å². The van der Waals surface area contributed by atoms with Crippen LogP contribution in [0.5, 0.6) is 0 Å². The first-order valence-electron chi connectivity index (χ1n) is 9.84. The second-order valence-corrected chi connectivity index (χ2v) is 7.28. The van der Waals surface area contributed by atoms with Crippen LogP contribution >= 0.6 is 0 Å². The lowest BCUT2D eigenvalue weighted by molar-refractivity contribution is 0.102. The summed E-state index contributed by atoms with van der Waals surface area (Å²) in [5.41, 5.74) is 3.90. The van der Waals surface area contributed by atoms with Gasteiger partial charge in [0.15, 0.2) is 5.82 Å². The lowest BCUT2D eigenvalue weighted by Gasteiger charge is -2.15. The molecular weight excluding hydrogens is 362 g/mol. The van der Waals surface area contributed by atoms with E-state index in [1.165, 1.54) is 12.8 Å². The van der Waals surface area contributed by atoms with Crippen molar-refractivity contribution in [3.63, 3.8) is 0 Å². The molecule has 6 nitrogen and oxygen atoms in total. The summed E-state index contributed by atoms with van der Waals surface area (Å²) in [6, 6.07) is 21.4. The number of aromatic nitrogens is 3. The Kier molecular flexibility index (Phi) is 4.44. The number of nitrogens with one attached hydrogen (secondary N) is 2. The minimum atomic E-state index is -0.172. The van der Waals surface area contributed by atoms with Crippen LogP contribution in [0.3, 0.4) is 0 Å². The highest BCUT2D eigenvalue weighted by molar-refractivity contribution is 6.06. The minimum Gasteiger partial charge on any atom is -0.355 e. The van der Waals surface area contributed by atoms with E-state index in [1.807, 2.05) is 66.7 Å². The molecule has 1 saturated heterocycles. The number of rotatable bonds is 4. The number of fused-ring (bicyclic) bond motifs is 1. The summed E-state index contributed by atoms with van der Waals surface area (Å²) in [5, 5.41) is 12.7. The van der Waals surface area contributed by atoms with Crippen molar-refractivity contribution in [2.75, 3.05) is 23.3 Å². The maximum Gasteiger partial charge on any atom is 0.272 e. The van der Waals surface area contributed by atoms with Gasteiger partial charge in [0.25, 0.3) is 5.91 Å². The Morgan fingerprint density at radius 2 is 1.79 bits per heavy atom. The van der Waals surface area contributed by atoms with Crippen LogP contribution in [0.1, 0.15) is 23.3 Å². The first-order chi connectivity index (χ1) is 14.3. The standard InChI is InChI=1S/C23H21N5O/c29-23(21-15-17-6-1-2-9-19(17)25-21)24-18-8-5-7-16(14-18)20-10-11-22(27-26-20)28-12-3-4-13-28/h1-2,5-11,14-15,25H,3-4,12-13H2,(H,24,29). The van der Waals surface area contributed by atoms with E-state index in [0.717, 1.165) is 46.8 Å². The number of hydrogen-bond donors (Lipinski definition) is 2. The number of carbonyl (C=O) groups is 1. The highest BCUT2D eigenvalue weighted by atomic mass is 16.1. The average Bonchev–Trinajstić information content (AvgIpc) is 3.44. The number of para-hydroxylation sites is 1. The van der Waals surface area contributed by atoms with Crippen LogP contribution < -0.4 is 10.2 Å². The van der Waals surface area contributed by atoms with E-state index < -0.39 is 0 Å². The number of nitrogens with zero attached hydrogens (tertiary/aromatic N) is 3. The second kappa shape index (κ2) is 7.39. The zero-order valence-corrected chi connectivity index (χ0v) is 15.9. The summed E-state index contributed by atoms with van der Waals surface area (Å²) in [4.78, 5) is 18.1. The quantitative estimate of drug-likeness (QED) is 0.545. The van der Waals surface area contributed by atoms with Crippen LogP contribution in [0.4, 0.5) is 11.5 Å². The molecule has 0 saturated carbocycles. The van der Waals surface area contributed by atoms with Gasteiger partial charge in [-0.15, -0.1) is 10.2 Å². The molecule has 3 heterocycles. The van der Waals surface area contributed by atoms with E-state index in [1.54, 1.807) is 0 Å². The van der Waals surface area contributed by atoms with Crippen molar-refractivity contribution in [2.24, 2.45) is 0 Å². The fourth-order valence-corrected chi connectivity index (χ4v) is 3.74. The summed E-state index contributed by atoms with van der Waals surface area (Å²) < 4.78 is 0. The number of carbonyl (C=O) groups excluding carboxylic acids is 1. The van der Waals surface area contributed by atoms with Gasteiger partial charge < -0.3 is 15.2 Å². The molecule has 6 heteroatoms. The molecule has 2 N–H and O–H groups in total. The Hall–Kier alpha value is -3.67. The van der Waals surface area contributed by atoms with Gasteiger partial charge in [0.2, 0.25) is 0 Å². The summed E-state index contributed by atoms with van der Waals surface area (Å²) >= 11 is 0. The van der Waals surface area contributed by atoms with Crippen molar-refractivity contribution < 1.29 is 4.79 Å². The average molecular weight is 383 g/mol. The van der Waals surface area contributed by atoms with E-state index in [-0.39, 0.29) is 5.91 Å². The van der Waals surface area contributed by atoms with Gasteiger partial charge in [-0.25, -0.2) is 0 Å². The molecule has 2 aromatic carbocycles. The predicted molar refractivity (Wildman–Crippen MR) is 115 cm³/mol. The molecule has 2 aromatic heterocycles. The zero-order valence-electron chi connectivity index (χ0n) is 15.9. The Morgan fingerprint density at radius 1 is 0.931 bits per heavy atom. The zero-order chi connectivity index (χ0) is 19.6. The third-order valence-corrected chi connectivity index (χ3v) is 5.27. The van der Waals surface area contributed by atoms with Gasteiger partial charge in [0.05, 0.1) is 5.69 Å². The molecule has 5 rings (SSSR count). The van der Waals surface area contributed by atoms with Crippen molar-refractivity contribution in [1.29, 1.82) is 0 Å². The highest BCUT2D eigenvalue weighted by Crippen LogP contribution is 2.24. The van der Waals surface area contributed by atoms with Crippen molar-refractivity contribution >= 4 is 28.3 Å². The second-order valence-electron chi connectivity index (χ2n) is 7.28. The summed E-state index contributed by atoms with van der Waals surface area (Å²) in [5.74, 6) is 0.753. The van der Waals surface area contributed by atoms with Gasteiger partial charge in [-0.2, -0.15) is 0 Å². The van der Waals surface area contributed by atoms with Crippen molar-refractivity contribution in [1.82, 2.24) is 15.2 Å². The lowest BCUT2D eigenvalue weighted by Crippen LogP contribution is -2.19. The van der Waals surface area contributed by atoms with Gasteiger partial charge in [-0.3, -0.25) is 4.79 Å². The van der Waals surface area contributed by atoms with Gasteiger partial charge >= 0.3 is 0 Å². The molecule has 0 atom stereocenters. The Morgan fingerprint density at radius 3 is 2.59 bits per heavy atom. The van der Waals surface area contributed by atoms with E-state index in [9.17, 15) is 4.79 Å². The summed E-state index contributed by atoms with van der Waals surface area (Å²) in [6.45, 7) is 2.09. The van der Waals surface area contributed by atoms with Crippen LogP contribution in [0.2, 0.25) is 0 Å². The third-order valence-electron chi connectivity index (χ3n) is 5.27. The first-order valence-corrected chi connectivity index (χ1v) is 9.84. The Bertz CT molecular complexity index is 1130. The monoisotopic (exact) mass is 383 g/mol. The van der Waals surface area contributed by atoms with Crippen LogP contribution in [0, 0.1) is 0 Å². The van der Waals surface area contributed by atoms with Gasteiger partial charge in [0.1, 0.15) is 5.69 Å². The third kappa shape index (κ3) is 3.57. The van der Waals surface area contributed by atoms with E-state index in [4.69, 9.17) is 0 Å². The molecule has 4 aromatic rings. The molecular formula is C23H21N5O. The Balaban J connectivity index is 1.34.